The summed E-state index contributed by atoms with van der Waals surface area (Å²) < 4.78 is 57.8. The lowest BCUT2D eigenvalue weighted by molar-refractivity contribution is 0.111. The first kappa shape index (κ1) is 27.3. The van der Waals surface area contributed by atoms with Crippen LogP contribution in [0.5, 0.6) is 0 Å². The quantitative estimate of drug-likeness (QED) is 0.200. The summed E-state index contributed by atoms with van der Waals surface area (Å²) in [5.41, 5.74) is 3.74. The van der Waals surface area contributed by atoms with Crippen LogP contribution in [0.1, 0.15) is 40.2 Å². The van der Waals surface area contributed by atoms with Crippen molar-refractivity contribution >= 4 is 28.6 Å². The van der Waals surface area contributed by atoms with Crippen molar-refractivity contribution in [3.63, 3.8) is 0 Å². The number of hydrogen-bond acceptors (Lipinski definition) is 5. The summed E-state index contributed by atoms with van der Waals surface area (Å²) >= 11 is 1.27. The Morgan fingerprint density at radius 2 is 1.78 bits per heavy atom. The first-order chi connectivity index (χ1) is 19.8. The average Bonchev–Trinajstić information content (AvgIpc) is 3.53. The fraction of sp³-hybridized carbons (Fsp3) is 0.167. The van der Waals surface area contributed by atoms with E-state index < -0.39 is 28.4 Å². The van der Waals surface area contributed by atoms with Crippen LogP contribution in [-0.4, -0.2) is 25.3 Å². The molecule has 1 aliphatic carbocycles. The fourth-order valence-electron chi connectivity index (χ4n) is 4.87. The number of rotatable bonds is 9. The Morgan fingerprint density at radius 3 is 2.46 bits per heavy atom. The van der Waals surface area contributed by atoms with Crippen LogP contribution in [0.15, 0.2) is 70.9 Å². The van der Waals surface area contributed by atoms with E-state index in [1.807, 2.05) is 0 Å². The molecule has 3 aromatic carbocycles. The van der Waals surface area contributed by atoms with Crippen molar-refractivity contribution in [3.05, 3.63) is 106 Å². The number of hydrogen-bond donors (Lipinski definition) is 1. The summed E-state index contributed by atoms with van der Waals surface area (Å²) in [5, 5.41) is 12.4. The second kappa shape index (κ2) is 11.2. The molecule has 1 aliphatic rings. The van der Waals surface area contributed by atoms with E-state index in [1.165, 1.54) is 47.7 Å². The van der Waals surface area contributed by atoms with Crippen molar-refractivity contribution in [3.8, 4) is 27.5 Å². The highest BCUT2D eigenvalue weighted by molar-refractivity contribution is 7.82. The molecule has 1 saturated carbocycles. The highest BCUT2D eigenvalue weighted by Crippen LogP contribution is 2.39. The standard InChI is InChI=1S/C30H23F3N4O2S2/c31-24-4-2-1-3-21(24)22-14-19(8-9-25(22)32)29-23(11-18-7-10-28(41(34)39)26(33)12-18)27(13-17-5-6-17)37(36-29)30-35-20(15-38)16-40-30/h1-4,7-10,12,14-17H,5-6,11,13,34H2. The number of nitrogens with two attached hydrogens (primary N) is 1. The van der Waals surface area contributed by atoms with E-state index in [1.54, 1.807) is 34.3 Å². The van der Waals surface area contributed by atoms with Crippen molar-refractivity contribution in [2.45, 2.75) is 30.6 Å². The molecule has 2 heterocycles. The molecular weight excluding hydrogens is 569 g/mol. The molecule has 0 radical (unpaired) electrons. The minimum Gasteiger partial charge on any atom is -0.296 e. The largest absolute Gasteiger partial charge is 0.296 e. The maximum atomic E-state index is 15.0. The Kier molecular flexibility index (Phi) is 7.41. The van der Waals surface area contributed by atoms with Gasteiger partial charge in [-0.25, -0.2) is 32.2 Å². The van der Waals surface area contributed by atoms with Gasteiger partial charge in [-0.15, -0.1) is 11.3 Å². The van der Waals surface area contributed by atoms with E-state index in [2.05, 4.69) is 4.98 Å². The SMILES string of the molecule is NS(=O)c1ccc(Cc2c(-c3ccc(F)c(-c4ccccc4F)c3)nn(-c3nc(C=O)cs3)c2CC2CC2)cc1F. The normalized spacial score (nSPS) is 13.9. The lowest BCUT2D eigenvalue weighted by Gasteiger charge is -2.11. The predicted octanol–water partition coefficient (Wildman–Crippen LogP) is 6.42. The summed E-state index contributed by atoms with van der Waals surface area (Å²) in [6.07, 6.45) is 3.70. The number of halogens is 3. The smallest absolute Gasteiger partial charge is 0.211 e. The Hall–Kier alpha value is -3.93. The van der Waals surface area contributed by atoms with Gasteiger partial charge in [0, 0.05) is 34.1 Å². The summed E-state index contributed by atoms with van der Waals surface area (Å²) in [6, 6.07) is 14.7. The van der Waals surface area contributed by atoms with Crippen LogP contribution in [0.4, 0.5) is 13.2 Å². The van der Waals surface area contributed by atoms with Gasteiger partial charge in [-0.3, -0.25) is 4.79 Å². The van der Waals surface area contributed by atoms with Crippen molar-refractivity contribution < 1.29 is 22.2 Å². The van der Waals surface area contributed by atoms with Gasteiger partial charge in [0.05, 0.1) is 16.3 Å². The van der Waals surface area contributed by atoms with Gasteiger partial charge in [0.2, 0.25) is 5.13 Å². The summed E-state index contributed by atoms with van der Waals surface area (Å²) in [5.74, 6) is -1.38. The number of benzene rings is 3. The van der Waals surface area contributed by atoms with E-state index in [0.717, 1.165) is 24.1 Å². The minimum atomic E-state index is -1.97. The van der Waals surface area contributed by atoms with E-state index in [9.17, 15) is 17.8 Å². The fourth-order valence-corrected chi connectivity index (χ4v) is 6.07. The molecule has 5 aromatic rings. The number of thiazole rings is 1. The summed E-state index contributed by atoms with van der Waals surface area (Å²) in [7, 11) is -1.97. The molecule has 2 aromatic heterocycles. The molecule has 1 atom stereocenters. The zero-order valence-electron chi connectivity index (χ0n) is 21.5. The van der Waals surface area contributed by atoms with Crippen LogP contribution in [0, 0.1) is 23.4 Å². The van der Waals surface area contributed by atoms with Gasteiger partial charge in [-0.1, -0.05) is 24.3 Å². The third kappa shape index (κ3) is 5.52. The van der Waals surface area contributed by atoms with Gasteiger partial charge in [-0.2, -0.15) is 5.10 Å². The van der Waals surface area contributed by atoms with E-state index in [0.29, 0.717) is 40.6 Å². The van der Waals surface area contributed by atoms with Gasteiger partial charge in [0.25, 0.3) is 0 Å². The van der Waals surface area contributed by atoms with Crippen LogP contribution in [-0.2, 0) is 23.8 Å². The second-order valence-electron chi connectivity index (χ2n) is 9.92. The zero-order valence-corrected chi connectivity index (χ0v) is 23.2. The molecule has 11 heteroatoms. The van der Waals surface area contributed by atoms with Crippen LogP contribution in [0.2, 0.25) is 0 Å². The van der Waals surface area contributed by atoms with Crippen molar-refractivity contribution in [1.29, 1.82) is 0 Å². The molecule has 6 nitrogen and oxygen atoms in total. The first-order valence-electron chi connectivity index (χ1n) is 12.8. The van der Waals surface area contributed by atoms with Gasteiger partial charge in [-0.05, 0) is 67.1 Å². The van der Waals surface area contributed by atoms with Gasteiger partial charge < -0.3 is 0 Å². The second-order valence-corrected chi connectivity index (χ2v) is 11.8. The van der Waals surface area contributed by atoms with Crippen molar-refractivity contribution in [2.75, 3.05) is 0 Å². The summed E-state index contributed by atoms with van der Waals surface area (Å²) in [4.78, 5) is 15.7. The topological polar surface area (TPSA) is 90.9 Å². The molecular formula is C30H23F3N4O2S2. The van der Waals surface area contributed by atoms with Crippen LogP contribution in [0.25, 0.3) is 27.5 Å². The monoisotopic (exact) mass is 592 g/mol. The minimum absolute atomic E-state index is 0.0863. The molecule has 0 bridgehead atoms. The number of aldehydes is 1. The lowest BCUT2D eigenvalue weighted by atomic mass is 9.94. The Balaban J connectivity index is 1.55. The molecule has 2 N–H and O–H groups in total. The number of nitrogens with zero attached hydrogens (tertiary/aromatic N) is 3. The Bertz CT molecular complexity index is 1810. The van der Waals surface area contributed by atoms with Gasteiger partial charge in [0.1, 0.15) is 34.1 Å². The van der Waals surface area contributed by atoms with Crippen molar-refractivity contribution in [1.82, 2.24) is 14.8 Å². The maximum absolute atomic E-state index is 15.0. The molecule has 1 unspecified atom stereocenters. The van der Waals surface area contributed by atoms with Gasteiger partial charge >= 0.3 is 0 Å². The average molecular weight is 593 g/mol. The number of carbonyl (C=O) groups excluding carboxylic acids is 1. The van der Waals surface area contributed by atoms with Crippen LogP contribution < -0.4 is 5.14 Å². The molecule has 0 spiro atoms. The van der Waals surface area contributed by atoms with Gasteiger partial charge in [0.15, 0.2) is 6.29 Å². The molecule has 0 amide bonds. The maximum Gasteiger partial charge on any atom is 0.211 e. The molecule has 0 aliphatic heterocycles. The Labute approximate surface area is 240 Å². The van der Waals surface area contributed by atoms with Crippen LogP contribution in [0.3, 0.4) is 0 Å². The van der Waals surface area contributed by atoms with E-state index in [4.69, 9.17) is 10.2 Å². The molecule has 208 valence electrons. The van der Waals surface area contributed by atoms with Crippen molar-refractivity contribution in [2.24, 2.45) is 11.1 Å². The van der Waals surface area contributed by atoms with E-state index in [-0.39, 0.29) is 28.1 Å². The molecule has 0 saturated heterocycles. The molecule has 1 fully saturated rings. The Morgan fingerprint density at radius 1 is 1.00 bits per heavy atom. The highest BCUT2D eigenvalue weighted by Gasteiger charge is 2.29. The lowest BCUT2D eigenvalue weighted by Crippen LogP contribution is -2.07. The summed E-state index contributed by atoms with van der Waals surface area (Å²) in [6.45, 7) is 0. The zero-order chi connectivity index (χ0) is 28.7. The highest BCUT2D eigenvalue weighted by atomic mass is 32.2. The van der Waals surface area contributed by atoms with E-state index >= 15 is 4.39 Å². The number of aromatic nitrogens is 3. The molecule has 41 heavy (non-hydrogen) atoms. The third-order valence-electron chi connectivity index (χ3n) is 7.08. The number of carbonyl (C=O) groups is 1. The predicted molar refractivity (Wildman–Crippen MR) is 152 cm³/mol. The third-order valence-corrected chi connectivity index (χ3v) is 8.68. The van der Waals surface area contributed by atoms with Crippen LogP contribution >= 0.6 is 11.3 Å². The first-order valence-corrected chi connectivity index (χ1v) is 14.9. The molecule has 6 rings (SSSR count).